The maximum Gasteiger partial charge on any atom is 0.288 e. The van der Waals surface area contributed by atoms with Crippen molar-refractivity contribution in [1.82, 2.24) is 10.3 Å². The van der Waals surface area contributed by atoms with Crippen molar-refractivity contribution >= 4 is 5.91 Å². The number of hydrogen-bond donors (Lipinski definition) is 1. The Morgan fingerprint density at radius 3 is 3.28 bits per heavy atom. The molecule has 18 heavy (non-hydrogen) atoms. The van der Waals surface area contributed by atoms with Crippen LogP contribution in [0.4, 0.5) is 0 Å². The fourth-order valence-corrected chi connectivity index (χ4v) is 2.98. The number of nitrogens with zero attached hydrogens (tertiary/aromatic N) is 1. The summed E-state index contributed by atoms with van der Waals surface area (Å²) in [6.45, 7) is 1.37. The van der Waals surface area contributed by atoms with Crippen LogP contribution in [0.25, 0.3) is 0 Å². The number of nitrogens with one attached hydrogen (secondary N) is 1. The van der Waals surface area contributed by atoms with Crippen LogP contribution < -0.4 is 5.32 Å². The van der Waals surface area contributed by atoms with E-state index in [0.29, 0.717) is 12.5 Å². The van der Waals surface area contributed by atoms with Gasteiger partial charge in [-0.05, 0) is 6.42 Å². The predicted octanol–water partition coefficient (Wildman–Crippen LogP) is 0.454. The number of amides is 1. The number of rotatable bonds is 4. The van der Waals surface area contributed by atoms with Crippen LogP contribution in [0.3, 0.4) is 0 Å². The third-order valence-electron chi connectivity index (χ3n) is 3.84. The molecule has 1 saturated heterocycles. The molecule has 98 valence electrons. The Bertz CT molecular complexity index is 420. The smallest absolute Gasteiger partial charge is 0.288 e. The summed E-state index contributed by atoms with van der Waals surface area (Å²) in [5.74, 6) is 0.656. The molecule has 1 N–H and O–H groups in total. The first-order valence-electron chi connectivity index (χ1n) is 6.11. The highest BCUT2D eigenvalue weighted by Crippen LogP contribution is 2.43. The van der Waals surface area contributed by atoms with E-state index in [-0.39, 0.29) is 29.7 Å². The monoisotopic (exact) mass is 252 g/mol. The van der Waals surface area contributed by atoms with Crippen molar-refractivity contribution in [2.75, 3.05) is 20.3 Å². The van der Waals surface area contributed by atoms with Gasteiger partial charge in [-0.3, -0.25) is 4.79 Å². The fourth-order valence-electron chi connectivity index (χ4n) is 2.98. The first-order chi connectivity index (χ1) is 8.81. The largest absolute Gasteiger partial charge is 0.438 e. The van der Waals surface area contributed by atoms with E-state index in [9.17, 15) is 4.79 Å². The number of oxazole rings is 1. The average Bonchev–Trinajstić information content (AvgIpc) is 3.02. The van der Waals surface area contributed by atoms with Gasteiger partial charge in [0.15, 0.2) is 6.39 Å². The quantitative estimate of drug-likeness (QED) is 0.842. The lowest BCUT2D eigenvalue weighted by molar-refractivity contribution is -0.0811. The van der Waals surface area contributed by atoms with Crippen LogP contribution in [0.1, 0.15) is 17.0 Å². The van der Waals surface area contributed by atoms with Crippen LogP contribution in [0.2, 0.25) is 0 Å². The molecule has 1 aromatic rings. The van der Waals surface area contributed by atoms with Crippen molar-refractivity contribution in [3.8, 4) is 0 Å². The number of carbonyl (C=O) groups is 1. The molecule has 1 aliphatic heterocycles. The molecule has 1 aliphatic carbocycles. The van der Waals surface area contributed by atoms with Crippen LogP contribution in [-0.4, -0.2) is 43.4 Å². The Morgan fingerprint density at radius 2 is 2.56 bits per heavy atom. The first-order valence-corrected chi connectivity index (χ1v) is 6.11. The van der Waals surface area contributed by atoms with Gasteiger partial charge in [0.2, 0.25) is 5.76 Å². The second-order valence-electron chi connectivity index (χ2n) is 4.77. The third-order valence-corrected chi connectivity index (χ3v) is 3.84. The first kappa shape index (κ1) is 11.7. The summed E-state index contributed by atoms with van der Waals surface area (Å²) in [4.78, 5) is 15.7. The molecule has 1 saturated carbocycles. The zero-order chi connectivity index (χ0) is 12.5. The molecular formula is C12H16N2O4. The summed E-state index contributed by atoms with van der Waals surface area (Å²) in [6.07, 6.45) is 3.89. The van der Waals surface area contributed by atoms with E-state index in [1.54, 1.807) is 7.11 Å². The second kappa shape index (κ2) is 4.70. The van der Waals surface area contributed by atoms with Crippen LogP contribution in [-0.2, 0) is 9.47 Å². The Hall–Kier alpha value is -1.40. The normalized spacial score (nSPS) is 33.8. The van der Waals surface area contributed by atoms with Gasteiger partial charge in [0, 0.05) is 31.6 Å². The summed E-state index contributed by atoms with van der Waals surface area (Å²) in [7, 11) is 1.66. The van der Waals surface area contributed by atoms with Crippen molar-refractivity contribution in [3.63, 3.8) is 0 Å². The SMILES string of the molecule is COC[C@H]1[C@@H](NC(=O)c2cnco2)[C@H]2CCO[C@H]21. The molecule has 6 heteroatoms. The number of ether oxygens (including phenoxy) is 2. The maximum atomic E-state index is 11.9. The zero-order valence-electron chi connectivity index (χ0n) is 10.2. The molecule has 0 spiro atoms. The van der Waals surface area contributed by atoms with E-state index in [1.807, 2.05) is 0 Å². The van der Waals surface area contributed by atoms with Gasteiger partial charge in [-0.15, -0.1) is 0 Å². The van der Waals surface area contributed by atoms with Gasteiger partial charge < -0.3 is 19.2 Å². The van der Waals surface area contributed by atoms with Crippen molar-refractivity contribution in [2.24, 2.45) is 11.8 Å². The van der Waals surface area contributed by atoms with E-state index in [4.69, 9.17) is 13.9 Å². The minimum atomic E-state index is -0.219. The van der Waals surface area contributed by atoms with E-state index >= 15 is 0 Å². The Morgan fingerprint density at radius 1 is 1.67 bits per heavy atom. The van der Waals surface area contributed by atoms with Crippen LogP contribution in [0, 0.1) is 11.8 Å². The van der Waals surface area contributed by atoms with Gasteiger partial charge in [0.1, 0.15) is 0 Å². The third kappa shape index (κ3) is 1.81. The number of carbonyl (C=O) groups excluding carboxylic acids is 1. The summed E-state index contributed by atoms with van der Waals surface area (Å²) in [5.41, 5.74) is 0. The highest BCUT2D eigenvalue weighted by atomic mass is 16.5. The van der Waals surface area contributed by atoms with E-state index < -0.39 is 0 Å². The molecule has 0 bridgehead atoms. The average molecular weight is 252 g/mol. The molecule has 2 aliphatic rings. The maximum absolute atomic E-state index is 11.9. The van der Waals surface area contributed by atoms with Gasteiger partial charge in [0.25, 0.3) is 5.91 Å². The lowest BCUT2D eigenvalue weighted by Crippen LogP contribution is -2.62. The number of methoxy groups -OCH3 is 1. The number of fused-ring (bicyclic) bond motifs is 1. The Labute approximate surface area is 105 Å². The van der Waals surface area contributed by atoms with E-state index in [0.717, 1.165) is 13.0 Å². The summed E-state index contributed by atoms with van der Waals surface area (Å²) >= 11 is 0. The van der Waals surface area contributed by atoms with Crippen LogP contribution in [0.5, 0.6) is 0 Å². The molecule has 6 nitrogen and oxygen atoms in total. The molecule has 0 unspecified atom stereocenters. The second-order valence-corrected chi connectivity index (χ2v) is 4.77. The molecule has 2 fully saturated rings. The highest BCUT2D eigenvalue weighted by Gasteiger charge is 2.54. The van der Waals surface area contributed by atoms with E-state index in [2.05, 4.69) is 10.3 Å². The van der Waals surface area contributed by atoms with Crippen LogP contribution >= 0.6 is 0 Å². The summed E-state index contributed by atoms with van der Waals surface area (Å²) in [6, 6.07) is 0.107. The minimum Gasteiger partial charge on any atom is -0.438 e. The summed E-state index contributed by atoms with van der Waals surface area (Å²) < 4.78 is 15.8. The number of hydrogen-bond acceptors (Lipinski definition) is 5. The molecule has 4 atom stereocenters. The van der Waals surface area contributed by atoms with Crippen molar-refractivity contribution in [1.29, 1.82) is 0 Å². The van der Waals surface area contributed by atoms with Crippen molar-refractivity contribution in [3.05, 3.63) is 18.4 Å². The topological polar surface area (TPSA) is 73.6 Å². The molecule has 1 aromatic heterocycles. The molecule has 0 aromatic carbocycles. The van der Waals surface area contributed by atoms with Gasteiger partial charge in [-0.2, -0.15) is 0 Å². The minimum absolute atomic E-state index is 0.107. The molecule has 2 heterocycles. The molecule has 1 amide bonds. The van der Waals surface area contributed by atoms with Gasteiger partial charge in [0.05, 0.1) is 18.9 Å². The lowest BCUT2D eigenvalue weighted by atomic mass is 9.67. The van der Waals surface area contributed by atoms with Crippen molar-refractivity contribution in [2.45, 2.75) is 18.6 Å². The Balaban J connectivity index is 1.66. The Kier molecular flexibility index (Phi) is 3.05. The lowest BCUT2D eigenvalue weighted by Gasteiger charge is -2.47. The van der Waals surface area contributed by atoms with Gasteiger partial charge in [-0.1, -0.05) is 0 Å². The van der Waals surface area contributed by atoms with E-state index in [1.165, 1.54) is 12.6 Å². The summed E-state index contributed by atoms with van der Waals surface area (Å²) in [5, 5.41) is 2.99. The predicted molar refractivity (Wildman–Crippen MR) is 61.0 cm³/mol. The highest BCUT2D eigenvalue weighted by molar-refractivity contribution is 5.91. The molecule has 0 radical (unpaired) electrons. The van der Waals surface area contributed by atoms with Crippen molar-refractivity contribution < 1.29 is 18.7 Å². The van der Waals surface area contributed by atoms with Gasteiger partial charge >= 0.3 is 0 Å². The molecule has 3 rings (SSSR count). The van der Waals surface area contributed by atoms with Gasteiger partial charge in [-0.25, -0.2) is 4.98 Å². The standard InChI is InChI=1S/C12H16N2O4/c1-16-5-8-10(7-2-3-17-11(7)8)14-12(15)9-4-13-6-18-9/h4,6-8,10-11H,2-3,5H2,1H3,(H,14,15)/t7-,8+,10+,11-/m1/s1. The fraction of sp³-hybridized carbons (Fsp3) is 0.667. The number of aromatic nitrogens is 1. The molecular weight excluding hydrogens is 236 g/mol. The van der Waals surface area contributed by atoms with Crippen LogP contribution in [0.15, 0.2) is 17.0 Å². The zero-order valence-corrected chi connectivity index (χ0v) is 10.2.